The number of ether oxygens (including phenoxy) is 8. The van der Waals surface area contributed by atoms with Gasteiger partial charge >= 0.3 is 0 Å². The van der Waals surface area contributed by atoms with Crippen LogP contribution in [-0.2, 0) is 63.6 Å². The molecule has 0 fully saturated rings. The van der Waals surface area contributed by atoms with Crippen LogP contribution in [0.25, 0.3) is 59.5 Å². The van der Waals surface area contributed by atoms with E-state index in [0.29, 0.717) is 79.3 Å². The fraction of sp³-hybridized carbons (Fsp3) is 0.440. The van der Waals surface area contributed by atoms with Gasteiger partial charge in [-0.3, -0.25) is 0 Å². The first-order chi connectivity index (χ1) is 32.4. The third kappa shape index (κ3) is 14.0. The molecule has 0 amide bonds. The number of benzene rings is 1. The number of rotatable bonds is 30. The number of nitrogens with zero attached hydrogens (tertiary/aromatic N) is 2. The second-order valence-corrected chi connectivity index (χ2v) is 21.9. The molecule has 7 aromatic rings. The van der Waals surface area contributed by atoms with Crippen LogP contribution >= 0.6 is 68.0 Å². The predicted octanol–water partition coefficient (Wildman–Crippen LogP) is 12.3. The molecule has 6 heterocycles. The zero-order chi connectivity index (χ0) is 46.1. The van der Waals surface area contributed by atoms with Crippen molar-refractivity contribution in [1.82, 2.24) is 9.97 Å². The molecule has 0 N–H and O–H groups in total. The summed E-state index contributed by atoms with van der Waals surface area (Å²) < 4.78 is 44.7. The average molecular weight is 1010 g/mol. The van der Waals surface area contributed by atoms with E-state index < -0.39 is 0 Å². The van der Waals surface area contributed by atoms with E-state index in [4.69, 9.17) is 47.9 Å². The average Bonchev–Trinajstić information content (AvgIpc) is 4.19. The lowest BCUT2D eigenvalue weighted by Gasteiger charge is -2.04. The Kier molecular flexibility index (Phi) is 20.5. The van der Waals surface area contributed by atoms with E-state index in [0.717, 1.165) is 45.5 Å². The molecule has 0 bridgehead atoms. The first-order valence-corrected chi connectivity index (χ1v) is 27.0. The van der Waals surface area contributed by atoms with Crippen LogP contribution in [0.2, 0.25) is 0 Å². The molecule has 354 valence electrons. The number of methoxy groups -OCH3 is 4. The molecule has 0 aliphatic carbocycles. The van der Waals surface area contributed by atoms with Crippen molar-refractivity contribution >= 4 is 68.0 Å². The van der Waals surface area contributed by atoms with Crippen molar-refractivity contribution in [2.75, 3.05) is 108 Å². The molecular formula is C50H60N2O8S6. The van der Waals surface area contributed by atoms with Crippen LogP contribution in [0.15, 0.2) is 60.9 Å². The Labute approximate surface area is 413 Å². The van der Waals surface area contributed by atoms with Crippen LogP contribution in [0.5, 0.6) is 0 Å². The lowest BCUT2D eigenvalue weighted by molar-refractivity contribution is 0.0723. The van der Waals surface area contributed by atoms with Gasteiger partial charge in [0, 0.05) is 79.9 Å². The third-order valence-corrected chi connectivity index (χ3v) is 18.1. The molecule has 0 saturated heterocycles. The number of thiazole rings is 2. The number of thiophene rings is 4. The van der Waals surface area contributed by atoms with E-state index in [-0.39, 0.29) is 0 Å². The highest BCUT2D eigenvalue weighted by atomic mass is 32.1. The van der Waals surface area contributed by atoms with Gasteiger partial charge in [-0.25, -0.2) is 9.97 Å². The summed E-state index contributed by atoms with van der Waals surface area (Å²) in [6, 6.07) is 18.2. The van der Waals surface area contributed by atoms with Gasteiger partial charge in [-0.2, -0.15) is 0 Å². The van der Waals surface area contributed by atoms with Gasteiger partial charge in [0.2, 0.25) is 0 Å². The molecule has 66 heavy (non-hydrogen) atoms. The maximum absolute atomic E-state index is 6.02. The monoisotopic (exact) mass is 1010 g/mol. The van der Waals surface area contributed by atoms with Crippen LogP contribution in [-0.4, -0.2) is 118 Å². The van der Waals surface area contributed by atoms with Crippen molar-refractivity contribution in [1.29, 1.82) is 0 Å². The molecular weight excluding hydrogens is 949 g/mol. The minimum Gasteiger partial charge on any atom is -0.382 e. The molecule has 6 aromatic heterocycles. The first-order valence-electron chi connectivity index (χ1n) is 22.1. The van der Waals surface area contributed by atoms with Gasteiger partial charge in [0.05, 0.1) is 89.0 Å². The molecule has 0 atom stereocenters. The van der Waals surface area contributed by atoms with Crippen molar-refractivity contribution < 1.29 is 37.9 Å². The van der Waals surface area contributed by atoms with Gasteiger partial charge in [-0.15, -0.1) is 68.0 Å². The maximum Gasteiger partial charge on any atom is 0.152 e. The Bertz CT molecular complexity index is 2510. The van der Waals surface area contributed by atoms with Gasteiger partial charge < -0.3 is 37.9 Å². The molecule has 16 heteroatoms. The smallest absolute Gasteiger partial charge is 0.152 e. The molecule has 1 aromatic carbocycles. The van der Waals surface area contributed by atoms with Crippen molar-refractivity contribution in [3.05, 3.63) is 93.6 Å². The minimum absolute atomic E-state index is 0.560. The van der Waals surface area contributed by atoms with E-state index in [9.17, 15) is 0 Å². The van der Waals surface area contributed by atoms with Crippen LogP contribution in [0.4, 0.5) is 0 Å². The summed E-state index contributed by atoms with van der Waals surface area (Å²) in [5, 5.41) is 1.83. The molecule has 0 aliphatic heterocycles. The summed E-state index contributed by atoms with van der Waals surface area (Å²) in [6.07, 6.45) is 7.28. The van der Waals surface area contributed by atoms with Gasteiger partial charge in [0.25, 0.3) is 0 Å². The van der Waals surface area contributed by atoms with Crippen molar-refractivity contribution in [2.24, 2.45) is 0 Å². The zero-order valence-electron chi connectivity index (χ0n) is 38.7. The first kappa shape index (κ1) is 50.8. The molecule has 10 nitrogen and oxygen atoms in total. The normalized spacial score (nSPS) is 11.7. The lowest BCUT2D eigenvalue weighted by Crippen LogP contribution is -2.05. The Morgan fingerprint density at radius 1 is 0.379 bits per heavy atom. The standard InChI is InChI=1S/C50H60N2O8S6/c1-33-7-9-35(10-8-33)40-28-37(12-16-58-24-20-54-4)46(62-40)42-30-39(14-18-60-26-22-56-6)48(64-42)44-32-52-50(66-44)49-51-31-43(65-49)47-38(13-17-59-25-21-55-5)29-41(63-47)45-36(27-34(2)61-45)11-15-57-23-19-53-3/h7-10,27-32H,11-26H2,1-6H3. The van der Waals surface area contributed by atoms with E-state index in [1.54, 1.807) is 51.1 Å². The van der Waals surface area contributed by atoms with E-state index >= 15 is 0 Å². The fourth-order valence-electron chi connectivity index (χ4n) is 7.18. The van der Waals surface area contributed by atoms with Crippen molar-refractivity contribution in [2.45, 2.75) is 39.5 Å². The van der Waals surface area contributed by atoms with Gasteiger partial charge in [-0.1, -0.05) is 29.8 Å². The minimum atomic E-state index is 0.560. The summed E-state index contributed by atoms with van der Waals surface area (Å²) >= 11 is 10.8. The van der Waals surface area contributed by atoms with Crippen LogP contribution < -0.4 is 0 Å². The maximum atomic E-state index is 6.02. The fourth-order valence-corrected chi connectivity index (χ4v) is 14.3. The summed E-state index contributed by atoms with van der Waals surface area (Å²) in [7, 11) is 6.81. The van der Waals surface area contributed by atoms with E-state index in [2.05, 4.69) is 62.4 Å². The number of aromatic nitrogens is 2. The highest BCUT2D eigenvalue weighted by molar-refractivity contribution is 7.30. The molecule has 0 saturated carbocycles. The Hall–Kier alpha value is -3.04. The van der Waals surface area contributed by atoms with Gasteiger partial charge in [-0.05, 0) is 91.6 Å². The number of aryl methyl sites for hydroxylation is 2. The SMILES string of the molecule is COCCOCCc1cc(C)sc1-c1cc(CCOCCOC)c(-c2cnc(-c3ncc(-c4sc(-c5sc(-c6ccc(C)cc6)cc5CCOCCOC)cc4CCOCCOC)s3)s2)s1. The topological polar surface area (TPSA) is 99.6 Å². The number of hydrogen-bond donors (Lipinski definition) is 0. The molecule has 0 spiro atoms. The van der Waals surface area contributed by atoms with Gasteiger partial charge in [0.1, 0.15) is 0 Å². The lowest BCUT2D eigenvalue weighted by atomic mass is 10.1. The zero-order valence-corrected chi connectivity index (χ0v) is 43.6. The highest BCUT2D eigenvalue weighted by Crippen LogP contribution is 2.49. The molecule has 7 rings (SSSR count). The summed E-state index contributed by atoms with van der Waals surface area (Å²) in [6.45, 7) is 11.4. The van der Waals surface area contributed by atoms with Crippen LogP contribution in [0.3, 0.4) is 0 Å². The molecule has 0 aliphatic rings. The number of hydrogen-bond acceptors (Lipinski definition) is 16. The summed E-state index contributed by atoms with van der Waals surface area (Å²) in [5.41, 5.74) is 7.60. The highest BCUT2D eigenvalue weighted by Gasteiger charge is 2.23. The second kappa shape index (κ2) is 26.6. The largest absolute Gasteiger partial charge is 0.382 e. The predicted molar refractivity (Wildman–Crippen MR) is 277 cm³/mol. The van der Waals surface area contributed by atoms with E-state index in [1.165, 1.54) is 72.4 Å². The Morgan fingerprint density at radius 2 is 0.742 bits per heavy atom. The summed E-state index contributed by atoms with van der Waals surface area (Å²) in [5.74, 6) is 0. The Morgan fingerprint density at radius 3 is 1.17 bits per heavy atom. The molecule has 0 unspecified atom stereocenters. The summed E-state index contributed by atoms with van der Waals surface area (Å²) in [4.78, 5) is 22.4. The van der Waals surface area contributed by atoms with Crippen molar-refractivity contribution in [3.63, 3.8) is 0 Å². The van der Waals surface area contributed by atoms with Gasteiger partial charge in [0.15, 0.2) is 10.0 Å². The molecule has 0 radical (unpaired) electrons. The Balaban J connectivity index is 1.18. The van der Waals surface area contributed by atoms with Crippen LogP contribution in [0.1, 0.15) is 32.7 Å². The third-order valence-electron chi connectivity index (χ3n) is 10.6. The van der Waals surface area contributed by atoms with Crippen molar-refractivity contribution in [3.8, 4) is 59.5 Å². The van der Waals surface area contributed by atoms with E-state index in [1.807, 2.05) is 57.7 Å². The second-order valence-electron chi connectivity index (χ2n) is 15.5. The van der Waals surface area contributed by atoms with Crippen LogP contribution in [0, 0.1) is 13.8 Å². The quantitative estimate of drug-likeness (QED) is 0.0405.